The van der Waals surface area contributed by atoms with Crippen LogP contribution in [-0.4, -0.2) is 55.1 Å². The van der Waals surface area contributed by atoms with Crippen molar-refractivity contribution in [2.45, 2.75) is 39.7 Å². The van der Waals surface area contributed by atoms with Gasteiger partial charge in [-0.15, -0.1) is 0 Å². The SMILES string of the molecule is CCCc1nc(NC)cc(N(CC)C(C)CN(C)C)n1. The summed E-state index contributed by atoms with van der Waals surface area (Å²) in [6.07, 6.45) is 1.98. The summed E-state index contributed by atoms with van der Waals surface area (Å²) in [5.74, 6) is 2.84. The lowest BCUT2D eigenvalue weighted by molar-refractivity contribution is 0.372. The van der Waals surface area contributed by atoms with Crippen molar-refractivity contribution in [3.05, 3.63) is 11.9 Å². The lowest BCUT2D eigenvalue weighted by Crippen LogP contribution is -2.40. The normalized spacial score (nSPS) is 12.6. The third kappa shape index (κ3) is 4.63. The number of hydrogen-bond acceptors (Lipinski definition) is 5. The molecule has 1 atom stereocenters. The van der Waals surface area contributed by atoms with E-state index in [9.17, 15) is 0 Å². The number of rotatable bonds is 8. The molecule has 1 aromatic rings. The van der Waals surface area contributed by atoms with Crippen LogP contribution in [0.25, 0.3) is 0 Å². The number of nitrogens with zero attached hydrogens (tertiary/aromatic N) is 4. The molecule has 0 aliphatic carbocycles. The predicted octanol–water partition coefficient (Wildman–Crippen LogP) is 2.25. The average molecular weight is 279 g/mol. The van der Waals surface area contributed by atoms with E-state index in [0.717, 1.165) is 43.4 Å². The maximum absolute atomic E-state index is 4.73. The third-order valence-corrected chi connectivity index (χ3v) is 3.29. The molecule has 0 radical (unpaired) electrons. The summed E-state index contributed by atoms with van der Waals surface area (Å²) in [4.78, 5) is 13.8. The zero-order valence-electron chi connectivity index (χ0n) is 13.8. The zero-order valence-corrected chi connectivity index (χ0v) is 13.8. The lowest BCUT2D eigenvalue weighted by atomic mass is 10.2. The predicted molar refractivity (Wildman–Crippen MR) is 86.6 cm³/mol. The minimum Gasteiger partial charge on any atom is -0.373 e. The van der Waals surface area contributed by atoms with E-state index in [1.54, 1.807) is 0 Å². The van der Waals surface area contributed by atoms with Crippen LogP contribution in [0.5, 0.6) is 0 Å². The maximum Gasteiger partial charge on any atom is 0.134 e. The number of anilines is 2. The molecule has 0 saturated heterocycles. The van der Waals surface area contributed by atoms with Gasteiger partial charge in [-0.1, -0.05) is 6.92 Å². The number of aryl methyl sites for hydroxylation is 1. The standard InChI is InChI=1S/C15H29N5/c1-7-9-13-17-14(16-4)10-15(18-13)20(8-2)12(3)11-19(5)6/h10,12H,7-9,11H2,1-6H3,(H,16,17,18). The van der Waals surface area contributed by atoms with E-state index in [2.05, 4.69) is 55.0 Å². The molecule has 0 aliphatic heterocycles. The van der Waals surface area contributed by atoms with Gasteiger partial charge in [0.15, 0.2) is 0 Å². The Labute approximate surface area is 123 Å². The molecule has 1 unspecified atom stereocenters. The number of nitrogens with one attached hydrogen (secondary N) is 1. The quantitative estimate of drug-likeness (QED) is 0.790. The van der Waals surface area contributed by atoms with E-state index in [4.69, 9.17) is 4.98 Å². The van der Waals surface area contributed by atoms with Crippen molar-refractivity contribution in [3.8, 4) is 0 Å². The van der Waals surface area contributed by atoms with Crippen molar-refractivity contribution in [1.29, 1.82) is 0 Å². The van der Waals surface area contributed by atoms with E-state index in [0.29, 0.717) is 6.04 Å². The highest BCUT2D eigenvalue weighted by Gasteiger charge is 2.16. The molecule has 0 amide bonds. The van der Waals surface area contributed by atoms with E-state index >= 15 is 0 Å². The third-order valence-electron chi connectivity index (χ3n) is 3.29. The summed E-state index contributed by atoms with van der Waals surface area (Å²) in [6, 6.07) is 2.46. The fourth-order valence-electron chi connectivity index (χ4n) is 2.42. The first kappa shape index (κ1) is 16.7. The molecular formula is C15H29N5. The first-order valence-corrected chi connectivity index (χ1v) is 7.48. The summed E-state index contributed by atoms with van der Waals surface area (Å²) >= 11 is 0. The van der Waals surface area contributed by atoms with Gasteiger partial charge in [0.1, 0.15) is 17.5 Å². The number of aromatic nitrogens is 2. The van der Waals surface area contributed by atoms with Gasteiger partial charge >= 0.3 is 0 Å². The zero-order chi connectivity index (χ0) is 15.1. The molecule has 0 saturated carbocycles. The van der Waals surface area contributed by atoms with Crippen LogP contribution >= 0.6 is 0 Å². The molecule has 0 fully saturated rings. The Morgan fingerprint density at radius 2 is 1.95 bits per heavy atom. The Bertz CT molecular complexity index is 405. The molecule has 1 rings (SSSR count). The molecule has 0 aromatic carbocycles. The van der Waals surface area contributed by atoms with Crippen molar-refractivity contribution >= 4 is 11.6 Å². The number of likely N-dealkylation sites (N-methyl/N-ethyl adjacent to an activating group) is 2. The van der Waals surface area contributed by atoms with E-state index in [1.165, 1.54) is 0 Å². The van der Waals surface area contributed by atoms with Crippen molar-refractivity contribution in [2.75, 3.05) is 44.4 Å². The Kier molecular flexibility index (Phi) is 6.71. The van der Waals surface area contributed by atoms with Crippen molar-refractivity contribution in [1.82, 2.24) is 14.9 Å². The second-order valence-electron chi connectivity index (χ2n) is 5.42. The molecule has 0 bridgehead atoms. The Balaban J connectivity index is 3.03. The molecule has 5 nitrogen and oxygen atoms in total. The Morgan fingerprint density at radius 3 is 2.45 bits per heavy atom. The fraction of sp³-hybridized carbons (Fsp3) is 0.733. The van der Waals surface area contributed by atoms with Crippen molar-refractivity contribution in [3.63, 3.8) is 0 Å². The number of hydrogen-bond donors (Lipinski definition) is 1. The fourth-order valence-corrected chi connectivity index (χ4v) is 2.42. The maximum atomic E-state index is 4.73. The van der Waals surface area contributed by atoms with E-state index in [1.807, 2.05) is 13.1 Å². The van der Waals surface area contributed by atoms with Gasteiger partial charge in [0.25, 0.3) is 0 Å². The molecular weight excluding hydrogens is 250 g/mol. The van der Waals surface area contributed by atoms with Crippen LogP contribution in [0.2, 0.25) is 0 Å². The Hall–Kier alpha value is -1.36. The van der Waals surface area contributed by atoms with Crippen LogP contribution in [-0.2, 0) is 6.42 Å². The minimum atomic E-state index is 0.420. The van der Waals surface area contributed by atoms with Gasteiger partial charge in [0.05, 0.1) is 0 Å². The minimum absolute atomic E-state index is 0.420. The van der Waals surface area contributed by atoms with Crippen molar-refractivity contribution in [2.24, 2.45) is 0 Å². The molecule has 1 aromatic heterocycles. The molecule has 0 spiro atoms. The van der Waals surface area contributed by atoms with Crippen LogP contribution < -0.4 is 10.2 Å². The molecule has 1 heterocycles. The monoisotopic (exact) mass is 279 g/mol. The Morgan fingerprint density at radius 1 is 1.25 bits per heavy atom. The molecule has 5 heteroatoms. The van der Waals surface area contributed by atoms with Gasteiger partial charge in [-0.2, -0.15) is 0 Å². The summed E-state index contributed by atoms with van der Waals surface area (Å²) in [7, 11) is 6.11. The van der Waals surface area contributed by atoms with E-state index in [-0.39, 0.29) is 0 Å². The smallest absolute Gasteiger partial charge is 0.134 e. The van der Waals surface area contributed by atoms with Crippen LogP contribution in [0.15, 0.2) is 6.07 Å². The summed E-state index contributed by atoms with van der Waals surface area (Å²) in [6.45, 7) is 8.52. The van der Waals surface area contributed by atoms with Crippen LogP contribution in [0.3, 0.4) is 0 Å². The largest absolute Gasteiger partial charge is 0.373 e. The van der Waals surface area contributed by atoms with Gasteiger partial charge in [0.2, 0.25) is 0 Å². The topological polar surface area (TPSA) is 44.3 Å². The van der Waals surface area contributed by atoms with Gasteiger partial charge in [0, 0.05) is 38.7 Å². The van der Waals surface area contributed by atoms with Gasteiger partial charge in [-0.25, -0.2) is 9.97 Å². The van der Waals surface area contributed by atoms with Gasteiger partial charge in [-0.05, 0) is 34.4 Å². The van der Waals surface area contributed by atoms with Gasteiger partial charge in [-0.3, -0.25) is 0 Å². The highest BCUT2D eigenvalue weighted by Crippen LogP contribution is 2.19. The average Bonchev–Trinajstić information content (AvgIpc) is 2.38. The molecule has 1 N–H and O–H groups in total. The van der Waals surface area contributed by atoms with Gasteiger partial charge < -0.3 is 15.1 Å². The molecule has 0 aliphatic rings. The summed E-state index contributed by atoms with van der Waals surface area (Å²) in [5.41, 5.74) is 0. The molecule has 20 heavy (non-hydrogen) atoms. The summed E-state index contributed by atoms with van der Waals surface area (Å²) < 4.78 is 0. The first-order valence-electron chi connectivity index (χ1n) is 7.48. The molecule has 114 valence electrons. The second kappa shape index (κ2) is 8.04. The van der Waals surface area contributed by atoms with Crippen LogP contribution in [0.1, 0.15) is 33.0 Å². The van der Waals surface area contributed by atoms with Crippen LogP contribution in [0, 0.1) is 0 Å². The second-order valence-corrected chi connectivity index (χ2v) is 5.42. The van der Waals surface area contributed by atoms with Crippen LogP contribution in [0.4, 0.5) is 11.6 Å². The lowest BCUT2D eigenvalue weighted by Gasteiger charge is -2.31. The van der Waals surface area contributed by atoms with Crippen molar-refractivity contribution < 1.29 is 0 Å². The van der Waals surface area contributed by atoms with E-state index < -0.39 is 0 Å². The highest BCUT2D eigenvalue weighted by molar-refractivity contribution is 5.49. The summed E-state index contributed by atoms with van der Waals surface area (Å²) in [5, 5.41) is 3.14. The highest BCUT2D eigenvalue weighted by atomic mass is 15.2. The first-order chi connectivity index (χ1) is 9.51.